The molecule has 0 bridgehead atoms. The topological polar surface area (TPSA) is 297 Å². The predicted octanol–water partition coefficient (Wildman–Crippen LogP) is 8.41. The van der Waals surface area contributed by atoms with E-state index in [4.69, 9.17) is 0 Å². The molecule has 0 fully saturated rings. The molecule has 4 aromatic carbocycles. The molecule has 18 nitrogen and oxygen atoms in total. The number of fused-ring (bicyclic) bond motifs is 1. The second-order valence-corrected chi connectivity index (χ2v) is 16.7. The Morgan fingerprint density at radius 2 is 1.29 bits per heavy atom. The lowest BCUT2D eigenvalue weighted by atomic mass is 10.1. The van der Waals surface area contributed by atoms with E-state index >= 15 is 0 Å². The summed E-state index contributed by atoms with van der Waals surface area (Å²) in [4.78, 5) is 3.53. The number of pyridine rings is 1. The highest BCUT2D eigenvalue weighted by molar-refractivity contribution is 7.86. The molecule has 0 atom stereocenters. The van der Waals surface area contributed by atoms with Gasteiger partial charge in [0.25, 0.3) is 30.4 Å². The molecule has 22 heteroatoms. The van der Waals surface area contributed by atoms with Gasteiger partial charge in [-0.05, 0) is 85.1 Å². The fraction of sp³-hybridized carbons (Fsp3) is 0.0294. The fourth-order valence-electron chi connectivity index (χ4n) is 5.13. The maximum atomic E-state index is 11.8. The van der Waals surface area contributed by atoms with Crippen LogP contribution >= 0.6 is 11.3 Å². The molecule has 6 aromatic rings. The number of anilines is 4. The van der Waals surface area contributed by atoms with Gasteiger partial charge in [-0.3, -0.25) is 13.7 Å². The van der Waals surface area contributed by atoms with Crippen LogP contribution in [-0.4, -0.2) is 43.9 Å². The van der Waals surface area contributed by atoms with E-state index < -0.39 is 30.4 Å². The Labute approximate surface area is 322 Å². The van der Waals surface area contributed by atoms with Crippen LogP contribution in [0.4, 0.5) is 44.4 Å². The van der Waals surface area contributed by atoms with Crippen molar-refractivity contribution in [3.63, 3.8) is 0 Å². The van der Waals surface area contributed by atoms with Crippen LogP contribution in [0, 0.1) is 29.6 Å². The standard InChI is InChI=1S/C34H23N9O9S4/c1-19-28(18-36)32(37-22-5-10-25(11-6-22)54(44,45)46)39-33(38-23-7-12-26(13-8-23)55(47,48)49)31(19)42-43-34-21(17-35)16-30(53-34)41-40-24-9-14-27-20(15-24)3-2-4-29(27)56(50,51)52/h2-16H,1H3,(H2,37,38,39)(H,44,45,46)(H,47,48,49)(H,50,51,52). The van der Waals surface area contributed by atoms with Gasteiger partial charge in [0.2, 0.25) is 0 Å². The summed E-state index contributed by atoms with van der Waals surface area (Å²) in [7, 11) is -13.4. The summed E-state index contributed by atoms with van der Waals surface area (Å²) in [6.07, 6.45) is 0. The molecule has 2 aromatic heterocycles. The third-order valence-corrected chi connectivity index (χ3v) is 11.3. The van der Waals surface area contributed by atoms with Crippen molar-refractivity contribution in [2.75, 3.05) is 10.6 Å². The smallest absolute Gasteiger partial charge is 0.295 e. The summed E-state index contributed by atoms with van der Waals surface area (Å²) < 4.78 is 98.0. The van der Waals surface area contributed by atoms with E-state index in [2.05, 4.69) is 36.1 Å². The number of thiophene rings is 1. The Hall–Kier alpha value is -6.50. The largest absolute Gasteiger partial charge is 0.339 e. The van der Waals surface area contributed by atoms with Gasteiger partial charge in [0.15, 0.2) is 16.6 Å². The van der Waals surface area contributed by atoms with Crippen molar-refractivity contribution in [1.29, 1.82) is 10.5 Å². The molecule has 2 heterocycles. The normalized spacial score (nSPS) is 12.2. The highest BCUT2D eigenvalue weighted by Crippen LogP contribution is 2.41. The van der Waals surface area contributed by atoms with Crippen molar-refractivity contribution in [1.82, 2.24) is 4.98 Å². The Morgan fingerprint density at radius 1 is 0.679 bits per heavy atom. The van der Waals surface area contributed by atoms with E-state index in [-0.39, 0.29) is 69.8 Å². The second-order valence-electron chi connectivity index (χ2n) is 11.5. The van der Waals surface area contributed by atoms with Gasteiger partial charge in [0, 0.05) is 22.3 Å². The van der Waals surface area contributed by atoms with Gasteiger partial charge in [-0.25, -0.2) is 4.98 Å². The number of nitriles is 2. The first-order valence-electron chi connectivity index (χ1n) is 15.5. The Balaban J connectivity index is 1.36. The minimum atomic E-state index is -4.49. The van der Waals surface area contributed by atoms with Gasteiger partial charge in [0.05, 0.1) is 26.6 Å². The molecule has 0 aliphatic carbocycles. The quantitative estimate of drug-likeness (QED) is 0.0605. The van der Waals surface area contributed by atoms with Crippen LogP contribution in [0.2, 0.25) is 0 Å². The molecule has 6 rings (SSSR count). The van der Waals surface area contributed by atoms with Gasteiger partial charge >= 0.3 is 0 Å². The van der Waals surface area contributed by atoms with Crippen LogP contribution in [0.1, 0.15) is 16.7 Å². The maximum absolute atomic E-state index is 11.8. The summed E-state index contributed by atoms with van der Waals surface area (Å²) in [6.45, 7) is 1.55. The zero-order chi connectivity index (χ0) is 40.4. The monoisotopic (exact) mass is 829 g/mol. The van der Waals surface area contributed by atoms with E-state index in [1.807, 2.05) is 12.1 Å². The van der Waals surface area contributed by atoms with Gasteiger partial charge in [0.1, 0.15) is 27.7 Å². The average molecular weight is 830 g/mol. The molecular weight excluding hydrogens is 807 g/mol. The van der Waals surface area contributed by atoms with Crippen LogP contribution in [0.3, 0.4) is 0 Å². The number of aromatic nitrogens is 1. The molecule has 0 aliphatic rings. The molecule has 0 spiro atoms. The summed E-state index contributed by atoms with van der Waals surface area (Å²) in [6, 6.07) is 24.3. The molecule has 0 saturated heterocycles. The number of nitrogens with one attached hydrogen (secondary N) is 2. The van der Waals surface area contributed by atoms with E-state index in [1.165, 1.54) is 54.6 Å². The molecule has 0 saturated carbocycles. The highest BCUT2D eigenvalue weighted by Gasteiger charge is 2.20. The van der Waals surface area contributed by atoms with Crippen LogP contribution in [0.25, 0.3) is 10.8 Å². The Bertz CT molecular complexity index is 3030. The molecule has 282 valence electrons. The van der Waals surface area contributed by atoms with Gasteiger partial charge in [-0.15, -0.1) is 20.5 Å². The third kappa shape index (κ3) is 8.72. The first-order valence-corrected chi connectivity index (χ1v) is 20.6. The van der Waals surface area contributed by atoms with Crippen molar-refractivity contribution in [3.8, 4) is 12.1 Å². The summed E-state index contributed by atoms with van der Waals surface area (Å²) in [5.41, 5.74) is 1.30. The number of hydrogen-bond donors (Lipinski definition) is 5. The van der Waals surface area contributed by atoms with Gasteiger partial charge < -0.3 is 10.6 Å². The van der Waals surface area contributed by atoms with Crippen molar-refractivity contribution in [3.05, 3.63) is 108 Å². The first kappa shape index (κ1) is 39.2. The predicted molar refractivity (Wildman–Crippen MR) is 204 cm³/mol. The molecule has 0 radical (unpaired) electrons. The van der Waals surface area contributed by atoms with E-state index in [9.17, 15) is 49.4 Å². The first-order chi connectivity index (χ1) is 26.4. The maximum Gasteiger partial charge on any atom is 0.295 e. The van der Waals surface area contributed by atoms with Gasteiger partial charge in [-0.1, -0.05) is 29.5 Å². The average Bonchev–Trinajstić information content (AvgIpc) is 3.55. The molecule has 5 N–H and O–H groups in total. The van der Waals surface area contributed by atoms with E-state index in [0.717, 1.165) is 35.6 Å². The highest BCUT2D eigenvalue weighted by atomic mass is 32.2. The van der Waals surface area contributed by atoms with E-state index in [0.29, 0.717) is 16.8 Å². The number of nitrogens with zero attached hydrogens (tertiary/aromatic N) is 7. The number of benzene rings is 4. The Morgan fingerprint density at radius 3 is 1.84 bits per heavy atom. The van der Waals surface area contributed by atoms with Crippen molar-refractivity contribution < 1.29 is 38.9 Å². The molecule has 0 aliphatic heterocycles. The lowest BCUT2D eigenvalue weighted by molar-refractivity contribution is 0.481. The minimum absolute atomic E-state index is 0.0000432. The van der Waals surface area contributed by atoms with Gasteiger partial charge in [-0.2, -0.15) is 35.8 Å². The summed E-state index contributed by atoms with van der Waals surface area (Å²) >= 11 is 0.954. The minimum Gasteiger partial charge on any atom is -0.339 e. The molecule has 0 unspecified atom stereocenters. The number of rotatable bonds is 11. The van der Waals surface area contributed by atoms with Crippen molar-refractivity contribution in [2.45, 2.75) is 21.6 Å². The SMILES string of the molecule is Cc1c(C#N)c(Nc2ccc(S(=O)(=O)O)cc2)nc(Nc2ccc(S(=O)(=O)O)cc2)c1N=Nc1sc(N=Nc2ccc3c(S(=O)(=O)O)cccc3c2)cc1C#N. The van der Waals surface area contributed by atoms with Crippen LogP contribution in [-0.2, 0) is 30.4 Å². The lowest BCUT2D eigenvalue weighted by Crippen LogP contribution is -2.05. The van der Waals surface area contributed by atoms with Crippen LogP contribution in [0.15, 0.2) is 126 Å². The zero-order valence-electron chi connectivity index (χ0n) is 28.2. The summed E-state index contributed by atoms with van der Waals surface area (Å²) in [5, 5.41) is 44.0. The number of hydrogen-bond acceptors (Lipinski definition) is 16. The van der Waals surface area contributed by atoms with Crippen molar-refractivity contribution >= 4 is 96.9 Å². The lowest BCUT2D eigenvalue weighted by Gasteiger charge is -2.16. The molecule has 0 amide bonds. The molecular formula is C34H23N9O9S4. The number of azo groups is 2. The van der Waals surface area contributed by atoms with Crippen LogP contribution < -0.4 is 10.6 Å². The fourth-order valence-corrected chi connectivity index (χ4v) is 7.56. The van der Waals surface area contributed by atoms with E-state index in [1.54, 1.807) is 19.1 Å². The second kappa shape index (κ2) is 15.3. The van der Waals surface area contributed by atoms with Crippen LogP contribution in [0.5, 0.6) is 0 Å². The third-order valence-electron chi connectivity index (χ3n) is 7.78. The van der Waals surface area contributed by atoms with Crippen molar-refractivity contribution in [2.24, 2.45) is 20.5 Å². The summed E-state index contributed by atoms with van der Waals surface area (Å²) in [5.74, 6) is 0.00499. The molecule has 56 heavy (non-hydrogen) atoms. The zero-order valence-corrected chi connectivity index (χ0v) is 31.5. The Kier molecular flexibility index (Phi) is 10.7.